The SMILES string of the molecule is O=C(OS(=O)(=O)[O-])c1cccc(C(=O)OS(=O)(=O)[O-])c1.[Na+].[Na+]. The molecule has 10 nitrogen and oxygen atoms in total. The Morgan fingerprint density at radius 1 is 0.818 bits per heavy atom. The molecule has 0 heterocycles. The molecule has 1 aromatic carbocycles. The molecule has 0 aliphatic rings. The van der Waals surface area contributed by atoms with E-state index in [1.807, 2.05) is 0 Å². The van der Waals surface area contributed by atoms with Crippen LogP contribution >= 0.6 is 0 Å². The normalized spacial score (nSPS) is 10.6. The first-order valence-electron chi connectivity index (χ1n) is 4.47. The number of carbonyl (C=O) groups is 2. The largest absolute Gasteiger partial charge is 1.00 e. The summed E-state index contributed by atoms with van der Waals surface area (Å²) in [4.78, 5) is 22.4. The molecule has 1 rings (SSSR count). The van der Waals surface area contributed by atoms with Gasteiger partial charge in [-0.2, -0.15) is 0 Å². The molecule has 0 aliphatic carbocycles. The molecule has 0 spiro atoms. The minimum Gasteiger partial charge on any atom is -0.716 e. The maximum atomic E-state index is 11.2. The second kappa shape index (κ2) is 9.32. The first-order valence-corrected chi connectivity index (χ1v) is 7.14. The average Bonchev–Trinajstić information content (AvgIpc) is 2.24. The van der Waals surface area contributed by atoms with Gasteiger partial charge in [0.1, 0.15) is 0 Å². The maximum Gasteiger partial charge on any atom is 1.00 e. The van der Waals surface area contributed by atoms with Crippen LogP contribution in [-0.4, -0.2) is 37.9 Å². The zero-order chi connectivity index (χ0) is 15.6. The number of rotatable bonds is 4. The Labute approximate surface area is 169 Å². The maximum absolute atomic E-state index is 11.2. The van der Waals surface area contributed by atoms with Crippen LogP contribution in [0.1, 0.15) is 20.7 Å². The van der Waals surface area contributed by atoms with Crippen LogP contribution in [0.25, 0.3) is 0 Å². The molecule has 22 heavy (non-hydrogen) atoms. The summed E-state index contributed by atoms with van der Waals surface area (Å²) in [7, 11) is -10.6. The summed E-state index contributed by atoms with van der Waals surface area (Å²) >= 11 is 0. The van der Waals surface area contributed by atoms with Crippen LogP contribution in [0.2, 0.25) is 0 Å². The molecule has 0 saturated heterocycles. The van der Waals surface area contributed by atoms with Crippen molar-refractivity contribution in [3.63, 3.8) is 0 Å². The van der Waals surface area contributed by atoms with Crippen molar-refractivity contribution in [2.24, 2.45) is 0 Å². The van der Waals surface area contributed by atoms with Gasteiger partial charge in [0.2, 0.25) is 0 Å². The third-order valence-electron chi connectivity index (χ3n) is 1.69. The average molecular weight is 370 g/mol. The van der Waals surface area contributed by atoms with Crippen molar-refractivity contribution in [3.8, 4) is 0 Å². The van der Waals surface area contributed by atoms with Crippen molar-refractivity contribution in [1.29, 1.82) is 0 Å². The topological polar surface area (TPSA) is 167 Å². The second-order valence-electron chi connectivity index (χ2n) is 3.14. The van der Waals surface area contributed by atoms with Gasteiger partial charge in [0.15, 0.2) is 0 Å². The van der Waals surface area contributed by atoms with Gasteiger partial charge in [-0.3, -0.25) is 0 Å². The summed E-state index contributed by atoms with van der Waals surface area (Å²) in [5, 5.41) is 0. The van der Waals surface area contributed by atoms with E-state index in [4.69, 9.17) is 0 Å². The zero-order valence-electron chi connectivity index (χ0n) is 11.2. The van der Waals surface area contributed by atoms with Gasteiger partial charge in [-0.15, -0.1) is 0 Å². The number of benzene rings is 1. The molecule has 0 aliphatic heterocycles. The van der Waals surface area contributed by atoms with Crippen molar-refractivity contribution < 1.29 is 103 Å². The van der Waals surface area contributed by atoms with E-state index in [1.54, 1.807) is 0 Å². The van der Waals surface area contributed by atoms with Crippen LogP contribution in [0, 0.1) is 0 Å². The van der Waals surface area contributed by atoms with E-state index in [0.29, 0.717) is 6.07 Å². The van der Waals surface area contributed by atoms with Crippen molar-refractivity contribution in [3.05, 3.63) is 35.4 Å². The van der Waals surface area contributed by atoms with Gasteiger partial charge in [-0.25, -0.2) is 26.4 Å². The predicted molar refractivity (Wildman–Crippen MR) is 56.7 cm³/mol. The van der Waals surface area contributed by atoms with Gasteiger partial charge >= 0.3 is 71.1 Å². The molecule has 0 fully saturated rings. The van der Waals surface area contributed by atoms with Crippen LogP contribution in [0.4, 0.5) is 0 Å². The molecule has 0 amide bonds. The van der Waals surface area contributed by atoms with Crippen molar-refractivity contribution in [2.75, 3.05) is 0 Å². The minimum absolute atomic E-state index is 0. The van der Waals surface area contributed by atoms with Crippen LogP contribution in [-0.2, 0) is 29.2 Å². The number of carbonyl (C=O) groups excluding carboxylic acids is 2. The molecule has 0 radical (unpaired) electrons. The molecule has 0 atom stereocenters. The molecule has 0 N–H and O–H groups in total. The smallest absolute Gasteiger partial charge is 0.716 e. The van der Waals surface area contributed by atoms with E-state index in [0.717, 1.165) is 18.2 Å². The predicted octanol–water partition coefficient (Wildman–Crippen LogP) is -7.07. The van der Waals surface area contributed by atoms with Crippen molar-refractivity contribution >= 4 is 32.7 Å². The standard InChI is InChI=1S/C8H6O10S2.2Na/c9-7(17-19(11,12)13)5-2-1-3-6(4-5)8(10)18-20(14,15)16;;/h1-4H,(H,11,12,13)(H,14,15,16);;/q;2*+1/p-2. The molecule has 14 heteroatoms. The van der Waals surface area contributed by atoms with E-state index < -0.39 is 43.9 Å². The Morgan fingerprint density at radius 3 is 1.41 bits per heavy atom. The van der Waals surface area contributed by atoms with Crippen LogP contribution < -0.4 is 59.1 Å². The van der Waals surface area contributed by atoms with E-state index in [2.05, 4.69) is 8.37 Å². The Kier molecular flexibility index (Phi) is 10.3. The fourth-order valence-corrected chi connectivity index (χ4v) is 1.62. The Bertz CT molecular complexity index is 694. The van der Waals surface area contributed by atoms with E-state index in [9.17, 15) is 35.5 Å². The van der Waals surface area contributed by atoms with Crippen molar-refractivity contribution in [2.45, 2.75) is 0 Å². The molecular formula is C8H4Na2O10S2. The van der Waals surface area contributed by atoms with Crippen LogP contribution in [0.3, 0.4) is 0 Å². The summed E-state index contributed by atoms with van der Waals surface area (Å²) in [6.07, 6.45) is 0. The molecule has 1 aromatic rings. The third-order valence-corrected chi connectivity index (χ3v) is 2.40. The van der Waals surface area contributed by atoms with Gasteiger partial charge in [-0.1, -0.05) is 6.07 Å². The molecule has 110 valence electrons. The van der Waals surface area contributed by atoms with Gasteiger partial charge in [0.25, 0.3) is 20.8 Å². The van der Waals surface area contributed by atoms with Gasteiger partial charge in [0, 0.05) is 0 Å². The number of hydrogen-bond acceptors (Lipinski definition) is 10. The summed E-state index contributed by atoms with van der Waals surface area (Å²) in [5.41, 5.74) is -1.08. The molecule has 0 unspecified atom stereocenters. The van der Waals surface area contributed by atoms with E-state index in [1.165, 1.54) is 0 Å². The van der Waals surface area contributed by atoms with Crippen molar-refractivity contribution in [1.82, 2.24) is 0 Å². The second-order valence-corrected chi connectivity index (χ2v) is 5.11. The minimum atomic E-state index is -5.30. The van der Waals surface area contributed by atoms with Crippen LogP contribution in [0.5, 0.6) is 0 Å². The van der Waals surface area contributed by atoms with Crippen LogP contribution in [0.15, 0.2) is 24.3 Å². The van der Waals surface area contributed by atoms with Gasteiger partial charge in [0.05, 0.1) is 11.1 Å². The first kappa shape index (κ1) is 24.2. The van der Waals surface area contributed by atoms with E-state index >= 15 is 0 Å². The molecule has 0 saturated carbocycles. The molecular weight excluding hydrogens is 366 g/mol. The fourth-order valence-electron chi connectivity index (χ4n) is 1.05. The Balaban J connectivity index is 0. The first-order chi connectivity index (χ1) is 8.98. The summed E-state index contributed by atoms with van der Waals surface area (Å²) in [6, 6.07) is 3.69. The van der Waals surface area contributed by atoms with E-state index in [-0.39, 0.29) is 59.1 Å². The third kappa shape index (κ3) is 9.19. The monoisotopic (exact) mass is 370 g/mol. The number of hydrogen-bond donors (Lipinski definition) is 0. The summed E-state index contributed by atoms with van der Waals surface area (Å²) in [6.45, 7) is 0. The Hall–Kier alpha value is -0.0200. The summed E-state index contributed by atoms with van der Waals surface area (Å²) in [5.74, 6) is -3.17. The zero-order valence-corrected chi connectivity index (χ0v) is 16.8. The van der Waals surface area contributed by atoms with Gasteiger partial charge < -0.3 is 17.5 Å². The fraction of sp³-hybridized carbons (Fsp3) is 0. The Morgan fingerprint density at radius 2 is 1.14 bits per heavy atom. The molecule has 0 bridgehead atoms. The quantitative estimate of drug-likeness (QED) is 0.282. The van der Waals surface area contributed by atoms with Gasteiger partial charge in [-0.05, 0) is 18.2 Å². The summed E-state index contributed by atoms with van der Waals surface area (Å²) < 4.78 is 68.3. The molecule has 0 aromatic heterocycles.